The quantitative estimate of drug-likeness (QED) is 0.831. The first-order valence-corrected chi connectivity index (χ1v) is 8.66. The number of hydrogen-bond donors (Lipinski definition) is 2. The summed E-state index contributed by atoms with van der Waals surface area (Å²) in [6, 6.07) is 7.44. The Morgan fingerprint density at radius 2 is 2.00 bits per heavy atom. The normalized spacial score (nSPS) is 23.0. The summed E-state index contributed by atoms with van der Waals surface area (Å²) in [5.41, 5.74) is 6.10. The number of hydrogen-bond acceptors (Lipinski definition) is 5. The van der Waals surface area contributed by atoms with E-state index in [4.69, 9.17) is 19.9 Å². The van der Waals surface area contributed by atoms with Gasteiger partial charge in [0, 0.05) is 32.1 Å². The summed E-state index contributed by atoms with van der Waals surface area (Å²) in [6.07, 6.45) is 3.68. The molecule has 0 aliphatic carbocycles. The van der Waals surface area contributed by atoms with Crippen molar-refractivity contribution in [1.29, 1.82) is 0 Å². The first-order chi connectivity index (χ1) is 11.7. The summed E-state index contributed by atoms with van der Waals surface area (Å²) in [6.45, 7) is 2.90. The third-order valence-electron chi connectivity index (χ3n) is 4.89. The SMILES string of the molecule is NCC1(C(=O)Nc2ccc(OCC3CCCO3)cc2)CCOCC1. The number of carbonyl (C=O) groups is 1. The van der Waals surface area contributed by atoms with E-state index in [0.29, 0.717) is 39.2 Å². The maximum absolute atomic E-state index is 12.6. The average Bonchev–Trinajstić information content (AvgIpc) is 3.15. The monoisotopic (exact) mass is 334 g/mol. The first-order valence-electron chi connectivity index (χ1n) is 8.66. The molecule has 1 unspecified atom stereocenters. The van der Waals surface area contributed by atoms with Gasteiger partial charge in [0.25, 0.3) is 0 Å². The van der Waals surface area contributed by atoms with Crippen LogP contribution in [0.2, 0.25) is 0 Å². The lowest BCUT2D eigenvalue weighted by atomic mass is 9.79. The van der Waals surface area contributed by atoms with E-state index in [0.717, 1.165) is 30.9 Å². The molecule has 2 saturated heterocycles. The van der Waals surface area contributed by atoms with Crippen LogP contribution in [0.15, 0.2) is 24.3 Å². The van der Waals surface area contributed by atoms with Gasteiger partial charge < -0.3 is 25.3 Å². The van der Waals surface area contributed by atoms with Crippen molar-refractivity contribution in [2.45, 2.75) is 31.8 Å². The van der Waals surface area contributed by atoms with Gasteiger partial charge in [-0.3, -0.25) is 4.79 Å². The minimum atomic E-state index is -0.521. The molecule has 1 aromatic carbocycles. The minimum Gasteiger partial charge on any atom is -0.491 e. The van der Waals surface area contributed by atoms with Crippen LogP contribution in [-0.4, -0.2) is 45.0 Å². The van der Waals surface area contributed by atoms with Crippen molar-refractivity contribution < 1.29 is 19.0 Å². The highest BCUT2D eigenvalue weighted by molar-refractivity contribution is 5.95. The third-order valence-corrected chi connectivity index (χ3v) is 4.89. The summed E-state index contributed by atoms with van der Waals surface area (Å²) in [7, 11) is 0. The van der Waals surface area contributed by atoms with E-state index >= 15 is 0 Å². The molecule has 6 nitrogen and oxygen atoms in total. The molecule has 6 heteroatoms. The number of anilines is 1. The molecule has 0 radical (unpaired) electrons. The Kier molecular flexibility index (Phi) is 5.71. The smallest absolute Gasteiger partial charge is 0.232 e. The van der Waals surface area contributed by atoms with Crippen molar-refractivity contribution in [3.8, 4) is 5.75 Å². The molecule has 3 N–H and O–H groups in total. The maximum atomic E-state index is 12.6. The van der Waals surface area contributed by atoms with Crippen molar-refractivity contribution in [2.75, 3.05) is 38.3 Å². The van der Waals surface area contributed by atoms with E-state index < -0.39 is 5.41 Å². The fourth-order valence-electron chi connectivity index (χ4n) is 3.15. The second kappa shape index (κ2) is 7.96. The second-order valence-corrected chi connectivity index (χ2v) is 6.52. The molecule has 2 heterocycles. The van der Waals surface area contributed by atoms with Crippen LogP contribution in [0, 0.1) is 5.41 Å². The Hall–Kier alpha value is -1.63. The highest BCUT2D eigenvalue weighted by atomic mass is 16.5. The van der Waals surface area contributed by atoms with Crippen LogP contribution in [0.3, 0.4) is 0 Å². The van der Waals surface area contributed by atoms with Crippen LogP contribution in [0.5, 0.6) is 5.75 Å². The van der Waals surface area contributed by atoms with Gasteiger partial charge in [0.1, 0.15) is 12.4 Å². The van der Waals surface area contributed by atoms with Gasteiger partial charge in [-0.1, -0.05) is 0 Å². The minimum absolute atomic E-state index is 0.0266. The van der Waals surface area contributed by atoms with E-state index in [9.17, 15) is 4.79 Å². The van der Waals surface area contributed by atoms with Crippen LogP contribution in [0.1, 0.15) is 25.7 Å². The zero-order valence-electron chi connectivity index (χ0n) is 14.0. The molecule has 3 rings (SSSR count). The molecule has 2 fully saturated rings. The predicted molar refractivity (Wildman–Crippen MR) is 91.1 cm³/mol. The molecule has 2 aliphatic rings. The number of carbonyl (C=O) groups excluding carboxylic acids is 1. The van der Waals surface area contributed by atoms with E-state index in [1.807, 2.05) is 24.3 Å². The molecule has 0 aromatic heterocycles. The number of benzene rings is 1. The Balaban J connectivity index is 1.54. The molecule has 0 saturated carbocycles. The zero-order valence-corrected chi connectivity index (χ0v) is 14.0. The van der Waals surface area contributed by atoms with Crippen LogP contribution in [-0.2, 0) is 14.3 Å². The molecule has 0 spiro atoms. The first kappa shape index (κ1) is 17.2. The topological polar surface area (TPSA) is 82.8 Å². The number of ether oxygens (including phenoxy) is 3. The molecule has 1 amide bonds. The molecular formula is C18H26N2O4. The lowest BCUT2D eigenvalue weighted by molar-refractivity contribution is -0.130. The Morgan fingerprint density at radius 3 is 2.62 bits per heavy atom. The summed E-state index contributed by atoms with van der Waals surface area (Å²) in [5.74, 6) is 0.754. The van der Waals surface area contributed by atoms with E-state index in [2.05, 4.69) is 5.32 Å². The Labute approximate surface area is 142 Å². The summed E-state index contributed by atoms with van der Waals surface area (Å²) >= 11 is 0. The molecule has 0 bridgehead atoms. The molecular weight excluding hydrogens is 308 g/mol. The zero-order chi connectivity index (χ0) is 16.8. The van der Waals surface area contributed by atoms with Gasteiger partial charge in [0.05, 0.1) is 11.5 Å². The number of nitrogens with two attached hydrogens (primary N) is 1. The molecule has 1 atom stereocenters. The molecule has 132 valence electrons. The lowest BCUT2D eigenvalue weighted by Gasteiger charge is -2.34. The third kappa shape index (κ3) is 4.06. The Morgan fingerprint density at radius 1 is 1.25 bits per heavy atom. The van der Waals surface area contributed by atoms with Crippen molar-refractivity contribution >= 4 is 11.6 Å². The number of rotatable bonds is 6. The van der Waals surface area contributed by atoms with E-state index in [1.54, 1.807) is 0 Å². The van der Waals surface area contributed by atoms with Crippen molar-refractivity contribution in [3.63, 3.8) is 0 Å². The van der Waals surface area contributed by atoms with Gasteiger partial charge in [-0.15, -0.1) is 0 Å². The number of nitrogens with one attached hydrogen (secondary N) is 1. The maximum Gasteiger partial charge on any atom is 0.232 e. The molecule has 2 aliphatic heterocycles. The lowest BCUT2D eigenvalue weighted by Crippen LogP contribution is -2.46. The van der Waals surface area contributed by atoms with Crippen molar-refractivity contribution in [3.05, 3.63) is 24.3 Å². The summed E-state index contributed by atoms with van der Waals surface area (Å²) < 4.78 is 16.6. The molecule has 24 heavy (non-hydrogen) atoms. The second-order valence-electron chi connectivity index (χ2n) is 6.52. The fraction of sp³-hybridized carbons (Fsp3) is 0.611. The highest BCUT2D eigenvalue weighted by Crippen LogP contribution is 2.31. The van der Waals surface area contributed by atoms with Gasteiger partial charge in [-0.2, -0.15) is 0 Å². The summed E-state index contributed by atoms with van der Waals surface area (Å²) in [4.78, 5) is 12.6. The van der Waals surface area contributed by atoms with Crippen LogP contribution in [0.25, 0.3) is 0 Å². The Bertz CT molecular complexity index is 534. The van der Waals surface area contributed by atoms with Crippen LogP contribution >= 0.6 is 0 Å². The van der Waals surface area contributed by atoms with Crippen LogP contribution in [0.4, 0.5) is 5.69 Å². The van der Waals surface area contributed by atoms with E-state index in [1.165, 1.54) is 0 Å². The van der Waals surface area contributed by atoms with Crippen LogP contribution < -0.4 is 15.8 Å². The van der Waals surface area contributed by atoms with Gasteiger partial charge in [-0.05, 0) is 49.9 Å². The standard InChI is InChI=1S/C18H26N2O4/c19-13-18(7-10-22-11-8-18)17(21)20-14-3-5-15(6-4-14)24-12-16-2-1-9-23-16/h3-6,16H,1-2,7-13,19H2,(H,20,21). The number of amides is 1. The predicted octanol–water partition coefficient (Wildman–Crippen LogP) is 1.94. The van der Waals surface area contributed by atoms with Crippen molar-refractivity contribution in [1.82, 2.24) is 0 Å². The van der Waals surface area contributed by atoms with Gasteiger partial charge in [0.15, 0.2) is 0 Å². The summed E-state index contributed by atoms with van der Waals surface area (Å²) in [5, 5.41) is 2.97. The largest absolute Gasteiger partial charge is 0.491 e. The van der Waals surface area contributed by atoms with Gasteiger partial charge in [0.2, 0.25) is 5.91 Å². The van der Waals surface area contributed by atoms with Crippen molar-refractivity contribution in [2.24, 2.45) is 11.1 Å². The van der Waals surface area contributed by atoms with E-state index in [-0.39, 0.29) is 12.0 Å². The highest BCUT2D eigenvalue weighted by Gasteiger charge is 2.38. The fourth-order valence-corrected chi connectivity index (χ4v) is 3.15. The average molecular weight is 334 g/mol. The van der Waals surface area contributed by atoms with Gasteiger partial charge in [-0.25, -0.2) is 0 Å². The molecule has 1 aromatic rings. The van der Waals surface area contributed by atoms with Gasteiger partial charge >= 0.3 is 0 Å².